The van der Waals surface area contributed by atoms with Gasteiger partial charge in [0.25, 0.3) is 0 Å². The predicted octanol–water partition coefficient (Wildman–Crippen LogP) is 1.33. The van der Waals surface area contributed by atoms with Crippen LogP contribution in [0.2, 0.25) is 0 Å². The average molecular weight is 212 g/mol. The van der Waals surface area contributed by atoms with E-state index in [9.17, 15) is 0 Å². The van der Waals surface area contributed by atoms with Gasteiger partial charge in [0.15, 0.2) is 0 Å². The number of aliphatic hydroxyl groups is 1. The van der Waals surface area contributed by atoms with Crippen LogP contribution < -0.4 is 0 Å². The molecule has 0 spiro atoms. The molecule has 0 saturated heterocycles. The first-order valence-electron chi connectivity index (χ1n) is 2.63. The zero-order valence-corrected chi connectivity index (χ0v) is 6.26. The standard InChI is InChI=1S/C5H9IO/c6-4-2-1-3-5(4)7/h4-5,7H,1-3H2/t4-,5-/m0/s1. The molecule has 0 aliphatic heterocycles. The van der Waals surface area contributed by atoms with E-state index in [0.29, 0.717) is 3.92 Å². The van der Waals surface area contributed by atoms with Gasteiger partial charge in [0.05, 0.1) is 6.10 Å². The van der Waals surface area contributed by atoms with Crippen LogP contribution in [0.4, 0.5) is 0 Å². The summed E-state index contributed by atoms with van der Waals surface area (Å²) >= 11 is 2.31. The third-order valence-corrected chi connectivity index (χ3v) is 2.85. The Labute approximate surface area is 57.2 Å². The van der Waals surface area contributed by atoms with Crippen molar-refractivity contribution in [1.29, 1.82) is 0 Å². The van der Waals surface area contributed by atoms with Crippen LogP contribution in [0, 0.1) is 0 Å². The molecule has 0 aromatic heterocycles. The van der Waals surface area contributed by atoms with Crippen molar-refractivity contribution in [3.05, 3.63) is 0 Å². The lowest BCUT2D eigenvalue weighted by molar-refractivity contribution is 0.192. The highest BCUT2D eigenvalue weighted by Crippen LogP contribution is 2.25. The first-order valence-corrected chi connectivity index (χ1v) is 3.87. The highest BCUT2D eigenvalue weighted by atomic mass is 127. The van der Waals surface area contributed by atoms with E-state index in [1.54, 1.807) is 0 Å². The molecule has 0 aromatic rings. The van der Waals surface area contributed by atoms with Crippen LogP contribution in [-0.4, -0.2) is 15.1 Å². The van der Waals surface area contributed by atoms with Gasteiger partial charge in [0.1, 0.15) is 0 Å². The van der Waals surface area contributed by atoms with E-state index in [0.717, 1.165) is 6.42 Å². The Bertz CT molecular complexity index is 57.1. The number of hydrogen-bond donors (Lipinski definition) is 1. The maximum absolute atomic E-state index is 8.99. The van der Waals surface area contributed by atoms with E-state index in [1.165, 1.54) is 12.8 Å². The molecule has 2 heteroatoms. The molecule has 0 unspecified atom stereocenters. The molecule has 0 bridgehead atoms. The van der Waals surface area contributed by atoms with Gasteiger partial charge in [-0.25, -0.2) is 0 Å². The number of alkyl halides is 1. The molecule has 0 radical (unpaired) electrons. The molecule has 1 aliphatic carbocycles. The third-order valence-electron chi connectivity index (χ3n) is 1.40. The molecule has 1 saturated carbocycles. The Hall–Kier alpha value is 0.690. The minimum absolute atomic E-state index is 0.000556. The summed E-state index contributed by atoms with van der Waals surface area (Å²) in [6.07, 6.45) is 3.45. The summed E-state index contributed by atoms with van der Waals surface area (Å²) in [5, 5.41) is 8.99. The van der Waals surface area contributed by atoms with Crippen molar-refractivity contribution in [1.82, 2.24) is 0 Å². The molecule has 1 rings (SSSR count). The first kappa shape index (κ1) is 5.82. The van der Waals surface area contributed by atoms with Gasteiger partial charge in [-0.3, -0.25) is 0 Å². The van der Waals surface area contributed by atoms with Crippen molar-refractivity contribution < 1.29 is 5.11 Å². The molecule has 1 fully saturated rings. The summed E-state index contributed by atoms with van der Waals surface area (Å²) in [5.41, 5.74) is 0. The van der Waals surface area contributed by atoms with Crippen LogP contribution in [0.5, 0.6) is 0 Å². The van der Waals surface area contributed by atoms with Gasteiger partial charge in [-0.15, -0.1) is 0 Å². The lowest BCUT2D eigenvalue weighted by Crippen LogP contribution is -2.10. The van der Waals surface area contributed by atoms with Crippen LogP contribution in [0.1, 0.15) is 19.3 Å². The van der Waals surface area contributed by atoms with Crippen LogP contribution in [0.25, 0.3) is 0 Å². The molecule has 1 aliphatic rings. The van der Waals surface area contributed by atoms with Crippen LogP contribution in [0.3, 0.4) is 0 Å². The Morgan fingerprint density at radius 3 is 2.29 bits per heavy atom. The van der Waals surface area contributed by atoms with Crippen molar-refractivity contribution in [3.8, 4) is 0 Å². The molecule has 0 aromatic carbocycles. The van der Waals surface area contributed by atoms with Crippen molar-refractivity contribution in [2.45, 2.75) is 29.3 Å². The van der Waals surface area contributed by atoms with Crippen LogP contribution in [-0.2, 0) is 0 Å². The highest BCUT2D eigenvalue weighted by Gasteiger charge is 2.21. The Balaban J connectivity index is 2.33. The summed E-state index contributed by atoms with van der Waals surface area (Å²) in [5.74, 6) is 0. The van der Waals surface area contributed by atoms with E-state index in [2.05, 4.69) is 22.6 Å². The monoisotopic (exact) mass is 212 g/mol. The van der Waals surface area contributed by atoms with Gasteiger partial charge in [0.2, 0.25) is 0 Å². The topological polar surface area (TPSA) is 20.2 Å². The summed E-state index contributed by atoms with van der Waals surface area (Å²) in [6.45, 7) is 0. The number of rotatable bonds is 0. The van der Waals surface area contributed by atoms with Gasteiger partial charge in [-0.2, -0.15) is 0 Å². The highest BCUT2D eigenvalue weighted by molar-refractivity contribution is 14.1. The zero-order chi connectivity index (χ0) is 5.28. The van der Waals surface area contributed by atoms with E-state index in [1.807, 2.05) is 0 Å². The summed E-state index contributed by atoms with van der Waals surface area (Å²) in [4.78, 5) is 0. The smallest absolute Gasteiger partial charge is 0.0657 e. The maximum atomic E-state index is 8.99. The second-order valence-corrected chi connectivity index (χ2v) is 3.61. The van der Waals surface area contributed by atoms with Gasteiger partial charge in [0, 0.05) is 3.92 Å². The summed E-state index contributed by atoms with van der Waals surface area (Å²) in [6, 6.07) is 0. The summed E-state index contributed by atoms with van der Waals surface area (Å²) in [7, 11) is 0. The van der Waals surface area contributed by atoms with Crippen molar-refractivity contribution >= 4 is 22.6 Å². The molecule has 0 amide bonds. The molecule has 7 heavy (non-hydrogen) atoms. The molecule has 42 valence electrons. The predicted molar refractivity (Wildman–Crippen MR) is 37.7 cm³/mol. The quantitative estimate of drug-likeness (QED) is 0.474. The van der Waals surface area contributed by atoms with E-state index in [-0.39, 0.29) is 6.10 Å². The zero-order valence-electron chi connectivity index (χ0n) is 4.10. The van der Waals surface area contributed by atoms with Gasteiger partial charge < -0.3 is 5.11 Å². The Morgan fingerprint density at radius 2 is 2.14 bits per heavy atom. The van der Waals surface area contributed by atoms with E-state index < -0.39 is 0 Å². The second-order valence-electron chi connectivity index (χ2n) is 2.01. The fraction of sp³-hybridized carbons (Fsp3) is 1.00. The molecule has 1 nitrogen and oxygen atoms in total. The molecular formula is C5H9IO. The minimum Gasteiger partial charge on any atom is -0.392 e. The Morgan fingerprint density at radius 1 is 1.43 bits per heavy atom. The van der Waals surface area contributed by atoms with Crippen LogP contribution >= 0.6 is 22.6 Å². The minimum atomic E-state index is 0.000556. The van der Waals surface area contributed by atoms with E-state index >= 15 is 0 Å². The van der Waals surface area contributed by atoms with Crippen molar-refractivity contribution in [2.75, 3.05) is 0 Å². The second kappa shape index (κ2) is 2.31. The lowest BCUT2D eigenvalue weighted by atomic mass is 10.3. The average Bonchev–Trinajstić information content (AvgIpc) is 1.91. The lowest BCUT2D eigenvalue weighted by Gasteiger charge is -2.02. The number of aliphatic hydroxyl groups excluding tert-OH is 1. The fourth-order valence-electron chi connectivity index (χ4n) is 0.895. The van der Waals surface area contributed by atoms with Crippen LogP contribution in [0.15, 0.2) is 0 Å². The first-order chi connectivity index (χ1) is 3.30. The Kier molecular flexibility index (Phi) is 1.92. The third kappa shape index (κ3) is 1.29. The number of hydrogen-bond acceptors (Lipinski definition) is 1. The van der Waals surface area contributed by atoms with Crippen molar-refractivity contribution in [2.24, 2.45) is 0 Å². The van der Waals surface area contributed by atoms with Gasteiger partial charge >= 0.3 is 0 Å². The summed E-state index contributed by atoms with van der Waals surface area (Å²) < 4.78 is 0.539. The molecule has 1 N–H and O–H groups in total. The normalized spacial score (nSPS) is 42.0. The maximum Gasteiger partial charge on any atom is 0.0657 e. The van der Waals surface area contributed by atoms with Crippen molar-refractivity contribution in [3.63, 3.8) is 0 Å². The molecular weight excluding hydrogens is 203 g/mol. The SMILES string of the molecule is O[C@H]1CCC[C@@H]1I. The van der Waals surface area contributed by atoms with E-state index in [4.69, 9.17) is 5.11 Å². The molecule has 0 heterocycles. The number of halogens is 1. The van der Waals surface area contributed by atoms with Gasteiger partial charge in [-0.1, -0.05) is 22.6 Å². The molecule has 2 atom stereocenters. The largest absolute Gasteiger partial charge is 0.392 e. The van der Waals surface area contributed by atoms with Gasteiger partial charge in [-0.05, 0) is 19.3 Å². The fourth-order valence-corrected chi connectivity index (χ4v) is 1.70.